The van der Waals surface area contributed by atoms with Gasteiger partial charge in [0, 0.05) is 13.5 Å². The third kappa shape index (κ3) is 5.13. The van der Waals surface area contributed by atoms with Crippen LogP contribution in [0.2, 0.25) is 0 Å². The van der Waals surface area contributed by atoms with E-state index in [2.05, 4.69) is 21.7 Å². The number of hydrogen-bond acceptors (Lipinski definition) is 4. The Morgan fingerprint density at radius 3 is 2.92 bits per heavy atom. The van der Waals surface area contributed by atoms with Crippen LogP contribution in [0.15, 0.2) is 29.8 Å². The molecule has 6 heteroatoms. The van der Waals surface area contributed by atoms with Crippen LogP contribution in [0.25, 0.3) is 10.2 Å². The molecule has 0 spiro atoms. The molecule has 1 aromatic heterocycles. The number of hydrogen-bond donors (Lipinski definition) is 2. The normalized spacial score (nSPS) is 14.2. The predicted octanol–water partition coefficient (Wildman–Crippen LogP) is 3.80. The summed E-state index contributed by atoms with van der Waals surface area (Å²) in [6.45, 7) is 2.17. The van der Waals surface area contributed by atoms with E-state index in [1.807, 2.05) is 18.2 Å². The van der Waals surface area contributed by atoms with Crippen LogP contribution in [0, 0.1) is 0 Å². The number of rotatable bonds is 6. The summed E-state index contributed by atoms with van der Waals surface area (Å²) in [6.07, 6.45) is 8.56. The van der Waals surface area contributed by atoms with Crippen LogP contribution in [0.1, 0.15) is 44.6 Å². The van der Waals surface area contributed by atoms with Crippen molar-refractivity contribution in [3.8, 4) is 0 Å². The van der Waals surface area contributed by atoms with Crippen molar-refractivity contribution in [1.82, 2.24) is 10.3 Å². The van der Waals surface area contributed by atoms with Crippen LogP contribution >= 0.6 is 11.3 Å². The van der Waals surface area contributed by atoms with Crippen LogP contribution < -0.4 is 10.6 Å². The molecule has 25 heavy (non-hydrogen) atoms. The molecule has 0 atom stereocenters. The second-order valence-electron chi connectivity index (χ2n) is 6.39. The third-order valence-corrected chi connectivity index (χ3v) is 5.19. The second kappa shape index (κ2) is 8.25. The Morgan fingerprint density at radius 1 is 1.28 bits per heavy atom. The van der Waals surface area contributed by atoms with Crippen molar-refractivity contribution in [2.45, 2.75) is 45.4 Å². The minimum absolute atomic E-state index is 0.0439. The van der Waals surface area contributed by atoms with Crippen molar-refractivity contribution in [2.24, 2.45) is 0 Å². The number of fused-ring (bicyclic) bond motifs is 1. The van der Waals surface area contributed by atoms with Crippen molar-refractivity contribution in [3.63, 3.8) is 0 Å². The second-order valence-corrected chi connectivity index (χ2v) is 7.42. The summed E-state index contributed by atoms with van der Waals surface area (Å²) in [7, 11) is 0. The highest BCUT2D eigenvalue weighted by atomic mass is 32.1. The quantitative estimate of drug-likeness (QED) is 0.773. The summed E-state index contributed by atoms with van der Waals surface area (Å²) < 4.78 is 0.974. The lowest BCUT2D eigenvalue weighted by atomic mass is 9.97. The highest BCUT2D eigenvalue weighted by Crippen LogP contribution is 2.27. The van der Waals surface area contributed by atoms with Gasteiger partial charge in [-0.05, 0) is 49.8 Å². The highest BCUT2D eigenvalue weighted by Gasteiger charge is 2.09. The topological polar surface area (TPSA) is 71.1 Å². The van der Waals surface area contributed by atoms with Crippen molar-refractivity contribution >= 4 is 38.5 Å². The van der Waals surface area contributed by atoms with E-state index in [0.717, 1.165) is 22.2 Å². The molecule has 2 amide bonds. The number of aromatic nitrogens is 1. The average Bonchev–Trinajstić information content (AvgIpc) is 2.96. The number of carbonyl (C=O) groups excluding carboxylic acids is 2. The maximum Gasteiger partial charge on any atom is 0.224 e. The number of anilines is 1. The molecular formula is C19H23N3O2S. The van der Waals surface area contributed by atoms with Gasteiger partial charge in [0.05, 0.1) is 16.6 Å². The van der Waals surface area contributed by atoms with Crippen molar-refractivity contribution in [2.75, 3.05) is 11.9 Å². The fraction of sp³-hybridized carbons (Fsp3) is 0.421. The van der Waals surface area contributed by atoms with Crippen LogP contribution in [-0.2, 0) is 16.0 Å². The number of allylic oxidation sites excluding steroid dienone is 1. The fourth-order valence-electron chi connectivity index (χ4n) is 3.03. The monoisotopic (exact) mass is 357 g/mol. The molecule has 0 radical (unpaired) electrons. The van der Waals surface area contributed by atoms with Crippen LogP contribution in [0.5, 0.6) is 0 Å². The van der Waals surface area contributed by atoms with Gasteiger partial charge in [-0.3, -0.25) is 9.59 Å². The number of nitrogens with one attached hydrogen (secondary N) is 2. The molecule has 3 rings (SSSR count). The van der Waals surface area contributed by atoms with E-state index in [-0.39, 0.29) is 11.8 Å². The zero-order chi connectivity index (χ0) is 17.6. The minimum atomic E-state index is -0.133. The van der Waals surface area contributed by atoms with E-state index in [9.17, 15) is 9.59 Å². The standard InChI is InChI=1S/C19H23N3O2S/c1-13(23)21-19-22-16-8-7-15(11-17(16)25-19)12-18(24)20-10-9-14-5-3-2-4-6-14/h5,7-8,11H,2-4,6,9-10,12H2,1H3,(H,20,24)(H,21,22,23). The maximum atomic E-state index is 12.1. The van der Waals surface area contributed by atoms with E-state index >= 15 is 0 Å². The molecule has 2 aromatic rings. The molecule has 132 valence electrons. The minimum Gasteiger partial charge on any atom is -0.355 e. The number of thiazole rings is 1. The first kappa shape index (κ1) is 17.6. The summed E-state index contributed by atoms with van der Waals surface area (Å²) >= 11 is 1.42. The van der Waals surface area contributed by atoms with Gasteiger partial charge in [-0.2, -0.15) is 0 Å². The van der Waals surface area contributed by atoms with E-state index in [1.165, 1.54) is 49.5 Å². The number of benzene rings is 1. The first-order valence-corrected chi connectivity index (χ1v) is 9.53. The van der Waals surface area contributed by atoms with Gasteiger partial charge in [-0.25, -0.2) is 4.98 Å². The third-order valence-electron chi connectivity index (χ3n) is 4.25. The molecule has 5 nitrogen and oxygen atoms in total. The van der Waals surface area contributed by atoms with Gasteiger partial charge in [0.1, 0.15) is 0 Å². The van der Waals surface area contributed by atoms with Crippen molar-refractivity contribution < 1.29 is 9.59 Å². The lowest BCUT2D eigenvalue weighted by Crippen LogP contribution is -2.26. The molecule has 1 heterocycles. The van der Waals surface area contributed by atoms with Gasteiger partial charge in [0.25, 0.3) is 0 Å². The molecule has 0 saturated carbocycles. The molecule has 0 fully saturated rings. The Hall–Kier alpha value is -2.21. The Bertz CT molecular complexity index is 810. The Labute approximate surface area is 151 Å². The molecule has 1 aliphatic carbocycles. The van der Waals surface area contributed by atoms with Gasteiger partial charge < -0.3 is 10.6 Å². The van der Waals surface area contributed by atoms with Crippen LogP contribution in [-0.4, -0.2) is 23.3 Å². The van der Waals surface area contributed by atoms with Crippen molar-refractivity contribution in [1.29, 1.82) is 0 Å². The largest absolute Gasteiger partial charge is 0.355 e. The zero-order valence-corrected chi connectivity index (χ0v) is 15.2. The molecule has 0 aliphatic heterocycles. The molecule has 0 unspecified atom stereocenters. The summed E-state index contributed by atoms with van der Waals surface area (Å²) in [6, 6.07) is 5.79. The molecule has 1 aliphatic rings. The summed E-state index contributed by atoms with van der Waals surface area (Å²) in [5.41, 5.74) is 3.27. The predicted molar refractivity (Wildman–Crippen MR) is 102 cm³/mol. The Balaban J connectivity index is 1.53. The Kier molecular flexibility index (Phi) is 5.81. The first-order valence-electron chi connectivity index (χ1n) is 8.72. The highest BCUT2D eigenvalue weighted by molar-refractivity contribution is 7.22. The average molecular weight is 357 g/mol. The van der Waals surface area contributed by atoms with Gasteiger partial charge >= 0.3 is 0 Å². The molecular weight excluding hydrogens is 334 g/mol. The summed E-state index contributed by atoms with van der Waals surface area (Å²) in [4.78, 5) is 27.6. The number of carbonyl (C=O) groups is 2. The number of amides is 2. The van der Waals surface area contributed by atoms with Gasteiger partial charge in [-0.15, -0.1) is 0 Å². The molecule has 0 saturated heterocycles. The smallest absolute Gasteiger partial charge is 0.224 e. The summed E-state index contributed by atoms with van der Waals surface area (Å²) in [5.74, 6) is -0.0888. The van der Waals surface area contributed by atoms with Gasteiger partial charge in [-0.1, -0.05) is 29.1 Å². The molecule has 2 N–H and O–H groups in total. The van der Waals surface area contributed by atoms with E-state index in [4.69, 9.17) is 0 Å². The summed E-state index contributed by atoms with van der Waals surface area (Å²) in [5, 5.41) is 6.29. The molecule has 1 aromatic carbocycles. The first-order chi connectivity index (χ1) is 12.1. The van der Waals surface area contributed by atoms with Crippen LogP contribution in [0.4, 0.5) is 5.13 Å². The van der Waals surface area contributed by atoms with Gasteiger partial charge in [0.2, 0.25) is 11.8 Å². The Morgan fingerprint density at radius 2 is 2.16 bits per heavy atom. The zero-order valence-electron chi connectivity index (χ0n) is 14.4. The lowest BCUT2D eigenvalue weighted by molar-refractivity contribution is -0.120. The fourth-order valence-corrected chi connectivity index (χ4v) is 4.00. The SMILES string of the molecule is CC(=O)Nc1nc2ccc(CC(=O)NCCC3=CCCCC3)cc2s1. The van der Waals surface area contributed by atoms with E-state index in [0.29, 0.717) is 18.1 Å². The van der Waals surface area contributed by atoms with Gasteiger partial charge in [0.15, 0.2) is 5.13 Å². The molecule has 0 bridgehead atoms. The van der Waals surface area contributed by atoms with E-state index < -0.39 is 0 Å². The number of nitrogens with zero attached hydrogens (tertiary/aromatic N) is 1. The maximum absolute atomic E-state index is 12.1. The van der Waals surface area contributed by atoms with E-state index in [1.54, 1.807) is 0 Å². The van der Waals surface area contributed by atoms with Crippen LogP contribution in [0.3, 0.4) is 0 Å². The van der Waals surface area contributed by atoms with Crippen molar-refractivity contribution in [3.05, 3.63) is 35.4 Å². The lowest BCUT2D eigenvalue weighted by Gasteiger charge is -2.13.